The zero-order valence-electron chi connectivity index (χ0n) is 15.4. The standard InChI is InChI=1S/C19H20BrFN2O4S/c1-13(24)14-3-6-17(7-4-14)28(26,27)22-10-9-19(25)23(2)12-15-11-16(20)5-8-18(15)21/h3-8,11,22H,9-10,12H2,1-2H3. The number of amides is 1. The van der Waals surface area contributed by atoms with E-state index in [1.807, 2.05) is 0 Å². The maximum Gasteiger partial charge on any atom is 0.240 e. The molecule has 2 rings (SSSR count). The summed E-state index contributed by atoms with van der Waals surface area (Å²) in [5.74, 6) is -0.904. The van der Waals surface area contributed by atoms with E-state index in [0.29, 0.717) is 15.6 Å². The molecular weight excluding hydrogens is 451 g/mol. The number of Topliss-reactive ketones (excluding diaryl/α,β-unsaturated/α-hetero) is 1. The molecule has 0 aromatic heterocycles. The van der Waals surface area contributed by atoms with Crippen molar-refractivity contribution in [1.82, 2.24) is 9.62 Å². The third-order valence-electron chi connectivity index (χ3n) is 4.04. The van der Waals surface area contributed by atoms with Gasteiger partial charge in [-0.05, 0) is 37.3 Å². The Balaban J connectivity index is 1.91. The normalized spacial score (nSPS) is 11.3. The van der Waals surface area contributed by atoms with Crippen molar-refractivity contribution >= 4 is 37.6 Å². The number of nitrogens with zero attached hydrogens (tertiary/aromatic N) is 1. The molecule has 0 atom stereocenters. The van der Waals surface area contributed by atoms with Crippen molar-refractivity contribution in [2.24, 2.45) is 0 Å². The highest BCUT2D eigenvalue weighted by Gasteiger charge is 2.16. The summed E-state index contributed by atoms with van der Waals surface area (Å²) in [6, 6.07) is 10.0. The van der Waals surface area contributed by atoms with Crippen LogP contribution in [0.25, 0.3) is 0 Å². The fourth-order valence-electron chi connectivity index (χ4n) is 2.44. The smallest absolute Gasteiger partial charge is 0.240 e. The van der Waals surface area contributed by atoms with E-state index < -0.39 is 15.8 Å². The molecule has 0 aliphatic rings. The predicted octanol–water partition coefficient (Wildman–Crippen LogP) is 3.12. The van der Waals surface area contributed by atoms with Crippen LogP contribution in [0.1, 0.15) is 29.3 Å². The van der Waals surface area contributed by atoms with Gasteiger partial charge in [0.25, 0.3) is 0 Å². The van der Waals surface area contributed by atoms with Gasteiger partial charge in [0, 0.05) is 42.2 Å². The van der Waals surface area contributed by atoms with E-state index in [9.17, 15) is 22.4 Å². The molecule has 0 aliphatic heterocycles. The SMILES string of the molecule is CC(=O)c1ccc(S(=O)(=O)NCCC(=O)N(C)Cc2cc(Br)ccc2F)cc1. The van der Waals surface area contributed by atoms with E-state index in [0.717, 1.165) is 0 Å². The van der Waals surface area contributed by atoms with Gasteiger partial charge in [-0.3, -0.25) is 9.59 Å². The zero-order valence-corrected chi connectivity index (χ0v) is 17.8. The molecule has 0 spiro atoms. The Morgan fingerprint density at radius 2 is 1.79 bits per heavy atom. The first-order valence-corrected chi connectivity index (χ1v) is 10.7. The summed E-state index contributed by atoms with van der Waals surface area (Å²) in [7, 11) is -2.27. The molecule has 1 N–H and O–H groups in total. The molecule has 0 heterocycles. The summed E-state index contributed by atoms with van der Waals surface area (Å²) in [4.78, 5) is 24.8. The van der Waals surface area contributed by atoms with Gasteiger partial charge in [-0.2, -0.15) is 0 Å². The van der Waals surface area contributed by atoms with Crippen LogP contribution in [0.4, 0.5) is 4.39 Å². The number of carbonyl (C=O) groups excluding carboxylic acids is 2. The topological polar surface area (TPSA) is 83.5 Å². The Bertz CT molecular complexity index is 978. The summed E-state index contributed by atoms with van der Waals surface area (Å²) >= 11 is 3.26. The fraction of sp³-hybridized carbons (Fsp3) is 0.263. The zero-order chi connectivity index (χ0) is 20.9. The molecule has 0 saturated heterocycles. The van der Waals surface area contributed by atoms with Crippen molar-refractivity contribution in [2.75, 3.05) is 13.6 Å². The van der Waals surface area contributed by atoms with Gasteiger partial charge in [0.2, 0.25) is 15.9 Å². The number of benzene rings is 2. The van der Waals surface area contributed by atoms with E-state index in [2.05, 4.69) is 20.7 Å². The lowest BCUT2D eigenvalue weighted by Crippen LogP contribution is -2.32. The van der Waals surface area contributed by atoms with Gasteiger partial charge in [0.1, 0.15) is 5.82 Å². The van der Waals surface area contributed by atoms with Crippen molar-refractivity contribution < 1.29 is 22.4 Å². The minimum atomic E-state index is -3.79. The van der Waals surface area contributed by atoms with Crippen LogP contribution in [-0.4, -0.2) is 38.6 Å². The number of hydrogen-bond acceptors (Lipinski definition) is 4. The molecule has 9 heteroatoms. The van der Waals surface area contributed by atoms with Crippen LogP contribution in [-0.2, 0) is 21.4 Å². The first-order chi connectivity index (χ1) is 13.1. The quantitative estimate of drug-likeness (QED) is 0.600. The number of hydrogen-bond donors (Lipinski definition) is 1. The highest BCUT2D eigenvalue weighted by atomic mass is 79.9. The van der Waals surface area contributed by atoms with Crippen molar-refractivity contribution in [1.29, 1.82) is 0 Å². The Morgan fingerprint density at radius 1 is 1.14 bits per heavy atom. The second kappa shape index (κ2) is 9.40. The van der Waals surface area contributed by atoms with Crippen LogP contribution in [0, 0.1) is 5.82 Å². The summed E-state index contributed by atoms with van der Waals surface area (Å²) in [6.45, 7) is 1.37. The monoisotopic (exact) mass is 470 g/mol. The van der Waals surface area contributed by atoms with Gasteiger partial charge in [0.15, 0.2) is 5.78 Å². The van der Waals surface area contributed by atoms with Gasteiger partial charge in [-0.15, -0.1) is 0 Å². The van der Waals surface area contributed by atoms with Gasteiger partial charge in [-0.25, -0.2) is 17.5 Å². The lowest BCUT2D eigenvalue weighted by molar-refractivity contribution is -0.130. The van der Waals surface area contributed by atoms with Crippen LogP contribution < -0.4 is 4.72 Å². The average Bonchev–Trinajstić information content (AvgIpc) is 2.64. The van der Waals surface area contributed by atoms with E-state index in [-0.39, 0.29) is 36.1 Å². The van der Waals surface area contributed by atoms with Crippen LogP contribution >= 0.6 is 15.9 Å². The second-order valence-electron chi connectivity index (χ2n) is 6.21. The van der Waals surface area contributed by atoms with E-state index >= 15 is 0 Å². The maximum atomic E-state index is 13.8. The number of sulfonamides is 1. The molecule has 0 unspecified atom stereocenters. The number of carbonyl (C=O) groups is 2. The molecule has 1 amide bonds. The van der Waals surface area contributed by atoms with E-state index in [1.165, 1.54) is 49.2 Å². The molecule has 150 valence electrons. The Kier molecular flexibility index (Phi) is 7.45. The second-order valence-corrected chi connectivity index (χ2v) is 8.90. The molecule has 0 bridgehead atoms. The molecule has 0 aliphatic carbocycles. The lowest BCUT2D eigenvalue weighted by Gasteiger charge is -2.18. The molecule has 0 saturated carbocycles. The summed E-state index contributed by atoms with van der Waals surface area (Å²) in [5, 5.41) is 0. The van der Waals surface area contributed by atoms with Crippen LogP contribution in [0.2, 0.25) is 0 Å². The molecule has 6 nitrogen and oxygen atoms in total. The molecule has 0 radical (unpaired) electrons. The molecule has 2 aromatic carbocycles. The van der Waals surface area contributed by atoms with Gasteiger partial charge in [0.05, 0.1) is 4.90 Å². The van der Waals surface area contributed by atoms with Crippen molar-refractivity contribution in [3.8, 4) is 0 Å². The Labute approximate surface area is 171 Å². The van der Waals surface area contributed by atoms with Gasteiger partial charge in [-0.1, -0.05) is 28.1 Å². The molecule has 28 heavy (non-hydrogen) atoms. The minimum absolute atomic E-state index is 0.00881. The summed E-state index contributed by atoms with van der Waals surface area (Å²) < 4.78 is 41.4. The Hall–Kier alpha value is -2.10. The number of ketones is 1. The van der Waals surface area contributed by atoms with E-state index in [1.54, 1.807) is 12.1 Å². The number of halogens is 2. The maximum absolute atomic E-state index is 13.8. The van der Waals surface area contributed by atoms with Gasteiger partial charge >= 0.3 is 0 Å². The average molecular weight is 471 g/mol. The Morgan fingerprint density at radius 3 is 2.39 bits per heavy atom. The van der Waals surface area contributed by atoms with Crippen molar-refractivity contribution in [2.45, 2.75) is 24.8 Å². The first-order valence-electron chi connectivity index (χ1n) is 8.38. The lowest BCUT2D eigenvalue weighted by atomic mass is 10.2. The highest BCUT2D eigenvalue weighted by molar-refractivity contribution is 9.10. The van der Waals surface area contributed by atoms with Crippen molar-refractivity contribution in [3.63, 3.8) is 0 Å². The third-order valence-corrected chi connectivity index (χ3v) is 6.01. The summed E-state index contributed by atoms with van der Waals surface area (Å²) in [6.07, 6.45) is -0.0725. The minimum Gasteiger partial charge on any atom is -0.341 e. The first kappa shape index (κ1) is 22.2. The largest absolute Gasteiger partial charge is 0.341 e. The molecule has 2 aromatic rings. The molecule has 0 fully saturated rings. The van der Waals surface area contributed by atoms with Crippen molar-refractivity contribution in [3.05, 3.63) is 63.9 Å². The van der Waals surface area contributed by atoms with Crippen LogP contribution in [0.15, 0.2) is 51.8 Å². The predicted molar refractivity (Wildman–Crippen MR) is 107 cm³/mol. The summed E-state index contributed by atoms with van der Waals surface area (Å²) in [5.41, 5.74) is 0.770. The van der Waals surface area contributed by atoms with Gasteiger partial charge < -0.3 is 4.90 Å². The third kappa shape index (κ3) is 5.95. The van der Waals surface area contributed by atoms with Crippen LogP contribution in [0.3, 0.4) is 0 Å². The molecular formula is C19H20BrFN2O4S. The van der Waals surface area contributed by atoms with Crippen LogP contribution in [0.5, 0.6) is 0 Å². The van der Waals surface area contributed by atoms with E-state index in [4.69, 9.17) is 0 Å². The highest BCUT2D eigenvalue weighted by Crippen LogP contribution is 2.17. The fourth-order valence-corrected chi connectivity index (χ4v) is 3.88. The number of nitrogens with one attached hydrogen (secondary N) is 1. The number of rotatable bonds is 8.